The molecular formula is C13H11ClF2OS. The molecule has 96 valence electrons. The van der Waals surface area contributed by atoms with Gasteiger partial charge < -0.3 is 4.74 Å². The topological polar surface area (TPSA) is 9.23 Å². The second-order valence-electron chi connectivity index (χ2n) is 3.77. The fraction of sp³-hybridized carbons (Fsp3) is 0.231. The minimum atomic E-state index is -0.852. The summed E-state index contributed by atoms with van der Waals surface area (Å²) in [6.07, 6.45) is 0.426. The largest absolute Gasteiger partial charge is 0.496 e. The van der Waals surface area contributed by atoms with E-state index in [1.807, 2.05) is 11.4 Å². The third-order valence-electron chi connectivity index (χ3n) is 2.56. The molecule has 1 aromatic carbocycles. The van der Waals surface area contributed by atoms with Crippen LogP contribution < -0.4 is 4.74 Å². The normalized spacial score (nSPS) is 12.4. The van der Waals surface area contributed by atoms with Crippen molar-refractivity contribution >= 4 is 22.9 Å². The standard InChI is InChI=1S/C13H11ClF2OS/c1-17-12-4-5-18-13(12)9(14)6-8-2-3-10(15)11(16)7-8/h2-5,7,9H,6H2,1H3. The van der Waals surface area contributed by atoms with Crippen molar-refractivity contribution < 1.29 is 13.5 Å². The third-order valence-corrected chi connectivity index (χ3v) is 4.07. The molecule has 2 aromatic rings. The molecule has 0 aliphatic carbocycles. The van der Waals surface area contributed by atoms with Gasteiger partial charge in [0.2, 0.25) is 0 Å². The molecule has 0 saturated carbocycles. The van der Waals surface area contributed by atoms with Crippen molar-refractivity contribution in [2.24, 2.45) is 0 Å². The van der Waals surface area contributed by atoms with E-state index in [1.54, 1.807) is 7.11 Å². The molecule has 2 rings (SSSR count). The minimum absolute atomic E-state index is 0.315. The van der Waals surface area contributed by atoms with Gasteiger partial charge in [0.1, 0.15) is 5.75 Å². The molecule has 0 aliphatic heterocycles. The molecule has 1 atom stereocenters. The van der Waals surface area contributed by atoms with E-state index >= 15 is 0 Å². The van der Waals surface area contributed by atoms with Crippen LogP contribution in [0.15, 0.2) is 29.6 Å². The molecule has 0 aliphatic rings. The number of thiophene rings is 1. The van der Waals surface area contributed by atoms with Crippen LogP contribution in [0.1, 0.15) is 15.8 Å². The second kappa shape index (κ2) is 5.67. The minimum Gasteiger partial charge on any atom is -0.496 e. The fourth-order valence-corrected chi connectivity index (χ4v) is 2.95. The summed E-state index contributed by atoms with van der Waals surface area (Å²) in [5.41, 5.74) is 0.657. The molecule has 1 aromatic heterocycles. The number of alkyl halides is 1. The first kappa shape index (κ1) is 13.3. The van der Waals surface area contributed by atoms with Crippen LogP contribution in [-0.4, -0.2) is 7.11 Å². The van der Waals surface area contributed by atoms with Gasteiger partial charge in [-0.2, -0.15) is 0 Å². The average Bonchev–Trinajstić information content (AvgIpc) is 2.82. The predicted molar refractivity (Wildman–Crippen MR) is 69.5 cm³/mol. The lowest BCUT2D eigenvalue weighted by atomic mass is 10.1. The number of rotatable bonds is 4. The van der Waals surface area contributed by atoms with Gasteiger partial charge in [0, 0.05) is 0 Å². The highest BCUT2D eigenvalue weighted by Gasteiger charge is 2.16. The summed E-state index contributed by atoms with van der Waals surface area (Å²) in [4.78, 5) is 0.892. The van der Waals surface area contributed by atoms with Gasteiger partial charge in [0.25, 0.3) is 0 Å². The molecule has 1 heterocycles. The maximum absolute atomic E-state index is 13.1. The Balaban J connectivity index is 2.16. The van der Waals surface area contributed by atoms with E-state index in [0.29, 0.717) is 12.0 Å². The number of methoxy groups -OCH3 is 1. The SMILES string of the molecule is COc1ccsc1C(Cl)Cc1ccc(F)c(F)c1. The van der Waals surface area contributed by atoms with E-state index in [2.05, 4.69) is 0 Å². The quantitative estimate of drug-likeness (QED) is 0.750. The Morgan fingerprint density at radius 2 is 2.06 bits per heavy atom. The predicted octanol–water partition coefficient (Wildman–Crippen LogP) is 4.56. The van der Waals surface area contributed by atoms with Crippen LogP contribution >= 0.6 is 22.9 Å². The van der Waals surface area contributed by atoms with Crippen molar-refractivity contribution in [3.8, 4) is 5.75 Å². The third kappa shape index (κ3) is 2.82. The summed E-state index contributed by atoms with van der Waals surface area (Å²) in [5.74, 6) is -0.976. The second-order valence-corrected chi connectivity index (χ2v) is 5.25. The van der Waals surface area contributed by atoms with Gasteiger partial charge in [-0.3, -0.25) is 0 Å². The fourth-order valence-electron chi connectivity index (χ4n) is 1.67. The van der Waals surface area contributed by atoms with E-state index in [0.717, 1.165) is 16.7 Å². The highest BCUT2D eigenvalue weighted by Crippen LogP contribution is 2.36. The lowest BCUT2D eigenvalue weighted by Crippen LogP contribution is -1.97. The Bertz CT molecular complexity index is 542. The van der Waals surface area contributed by atoms with Gasteiger partial charge in [0.05, 0.1) is 17.4 Å². The van der Waals surface area contributed by atoms with Gasteiger partial charge in [-0.25, -0.2) is 8.78 Å². The van der Waals surface area contributed by atoms with E-state index in [9.17, 15) is 8.78 Å². The first-order valence-electron chi connectivity index (χ1n) is 5.31. The Morgan fingerprint density at radius 1 is 1.28 bits per heavy atom. The van der Waals surface area contributed by atoms with Crippen molar-refractivity contribution in [3.63, 3.8) is 0 Å². The zero-order valence-corrected chi connectivity index (χ0v) is 11.2. The maximum atomic E-state index is 13.1. The van der Waals surface area contributed by atoms with E-state index in [-0.39, 0.29) is 5.38 Å². The average molecular weight is 289 g/mol. The summed E-state index contributed by atoms with van der Waals surface area (Å²) < 4.78 is 31.1. The molecule has 5 heteroatoms. The van der Waals surface area contributed by atoms with E-state index < -0.39 is 11.6 Å². The summed E-state index contributed by atoms with van der Waals surface area (Å²) in [6.45, 7) is 0. The number of ether oxygens (including phenoxy) is 1. The summed E-state index contributed by atoms with van der Waals surface area (Å²) in [6, 6.07) is 5.65. The zero-order chi connectivity index (χ0) is 13.1. The van der Waals surface area contributed by atoms with Gasteiger partial charge >= 0.3 is 0 Å². The molecule has 0 bridgehead atoms. The zero-order valence-electron chi connectivity index (χ0n) is 9.62. The Kier molecular flexibility index (Phi) is 4.19. The number of halogens is 3. The van der Waals surface area contributed by atoms with Crippen molar-refractivity contribution in [3.05, 3.63) is 51.7 Å². The Labute approximate surface area is 113 Å². The van der Waals surface area contributed by atoms with Crippen molar-refractivity contribution in [1.29, 1.82) is 0 Å². The van der Waals surface area contributed by atoms with Crippen LogP contribution in [0.2, 0.25) is 0 Å². The molecule has 0 spiro atoms. The van der Waals surface area contributed by atoms with Crippen LogP contribution in [0, 0.1) is 11.6 Å². The van der Waals surface area contributed by atoms with Crippen LogP contribution in [0.4, 0.5) is 8.78 Å². The number of benzene rings is 1. The lowest BCUT2D eigenvalue weighted by Gasteiger charge is -2.10. The molecule has 1 nitrogen and oxygen atoms in total. The monoisotopic (exact) mass is 288 g/mol. The summed E-state index contributed by atoms with van der Waals surface area (Å²) >= 11 is 7.76. The highest BCUT2D eigenvalue weighted by molar-refractivity contribution is 7.10. The van der Waals surface area contributed by atoms with Crippen LogP contribution in [0.3, 0.4) is 0 Å². The van der Waals surface area contributed by atoms with E-state index in [1.165, 1.54) is 23.5 Å². The van der Waals surface area contributed by atoms with Gasteiger partial charge in [-0.15, -0.1) is 22.9 Å². The molecular weight excluding hydrogens is 278 g/mol. The van der Waals surface area contributed by atoms with Crippen LogP contribution in [0.25, 0.3) is 0 Å². The molecule has 0 amide bonds. The number of hydrogen-bond donors (Lipinski definition) is 0. The molecule has 1 unspecified atom stereocenters. The van der Waals surface area contributed by atoms with Crippen LogP contribution in [-0.2, 0) is 6.42 Å². The molecule has 0 radical (unpaired) electrons. The maximum Gasteiger partial charge on any atom is 0.159 e. The van der Waals surface area contributed by atoms with Crippen molar-refractivity contribution in [2.45, 2.75) is 11.8 Å². The Hall–Kier alpha value is -1.13. The molecule has 0 N–H and O–H groups in total. The van der Waals surface area contributed by atoms with Gasteiger partial charge in [-0.1, -0.05) is 6.07 Å². The van der Waals surface area contributed by atoms with E-state index in [4.69, 9.17) is 16.3 Å². The smallest absolute Gasteiger partial charge is 0.159 e. The first-order valence-corrected chi connectivity index (χ1v) is 6.62. The lowest BCUT2D eigenvalue weighted by molar-refractivity contribution is 0.412. The summed E-state index contributed by atoms with van der Waals surface area (Å²) in [7, 11) is 1.58. The molecule has 0 fully saturated rings. The summed E-state index contributed by atoms with van der Waals surface area (Å²) in [5, 5.41) is 1.57. The molecule has 18 heavy (non-hydrogen) atoms. The van der Waals surface area contributed by atoms with Crippen molar-refractivity contribution in [1.82, 2.24) is 0 Å². The van der Waals surface area contributed by atoms with Gasteiger partial charge in [-0.05, 0) is 35.6 Å². The van der Waals surface area contributed by atoms with Gasteiger partial charge in [0.15, 0.2) is 11.6 Å². The van der Waals surface area contributed by atoms with Crippen molar-refractivity contribution in [2.75, 3.05) is 7.11 Å². The highest BCUT2D eigenvalue weighted by atomic mass is 35.5. The van der Waals surface area contributed by atoms with Crippen LogP contribution in [0.5, 0.6) is 5.75 Å². The first-order chi connectivity index (χ1) is 8.61. The Morgan fingerprint density at radius 3 is 2.72 bits per heavy atom. The molecule has 0 saturated heterocycles. The number of hydrogen-bond acceptors (Lipinski definition) is 2.